The van der Waals surface area contributed by atoms with Crippen LogP contribution in [-0.2, 0) is 13.0 Å². The number of fused-ring (bicyclic) bond motifs is 1. The van der Waals surface area contributed by atoms with E-state index in [-0.39, 0.29) is 11.6 Å². The van der Waals surface area contributed by atoms with Gasteiger partial charge in [-0.1, -0.05) is 18.5 Å². The van der Waals surface area contributed by atoms with Gasteiger partial charge in [-0.2, -0.15) is 5.10 Å². The molecule has 0 saturated heterocycles. The van der Waals surface area contributed by atoms with E-state index in [4.69, 9.17) is 16.0 Å². The van der Waals surface area contributed by atoms with Crippen molar-refractivity contribution in [3.05, 3.63) is 70.0 Å². The zero-order chi connectivity index (χ0) is 21.4. The molecule has 0 aliphatic carbocycles. The Balaban J connectivity index is 1.44. The SMILES string of the molecule is CCN1CCc2nc(NC(=O)c3cc(-c4ccco4)n(-c4ccc(Cl)cc4)n3)sc2C1. The molecule has 7 nitrogen and oxygen atoms in total. The van der Waals surface area contributed by atoms with Gasteiger partial charge in [-0.05, 0) is 42.9 Å². The van der Waals surface area contributed by atoms with Gasteiger partial charge in [-0.15, -0.1) is 11.3 Å². The van der Waals surface area contributed by atoms with E-state index < -0.39 is 0 Å². The minimum absolute atomic E-state index is 0.282. The van der Waals surface area contributed by atoms with Gasteiger partial charge >= 0.3 is 0 Å². The lowest BCUT2D eigenvalue weighted by molar-refractivity contribution is 0.102. The molecule has 31 heavy (non-hydrogen) atoms. The van der Waals surface area contributed by atoms with Crippen LogP contribution in [-0.4, -0.2) is 38.7 Å². The molecule has 0 unspecified atom stereocenters. The number of furan rings is 1. The fraction of sp³-hybridized carbons (Fsp3) is 0.227. The molecule has 0 saturated carbocycles. The molecule has 3 aromatic heterocycles. The highest BCUT2D eigenvalue weighted by molar-refractivity contribution is 7.15. The highest BCUT2D eigenvalue weighted by Gasteiger charge is 2.23. The molecule has 0 fully saturated rings. The van der Waals surface area contributed by atoms with Crippen LogP contribution in [0.1, 0.15) is 28.0 Å². The van der Waals surface area contributed by atoms with Crippen molar-refractivity contribution in [3.8, 4) is 17.1 Å². The zero-order valence-corrected chi connectivity index (χ0v) is 18.4. The first-order valence-electron chi connectivity index (χ1n) is 10.0. The van der Waals surface area contributed by atoms with Crippen LogP contribution in [0.5, 0.6) is 0 Å². The number of hydrogen-bond acceptors (Lipinski definition) is 6. The summed E-state index contributed by atoms with van der Waals surface area (Å²) in [5.41, 5.74) is 2.81. The fourth-order valence-electron chi connectivity index (χ4n) is 3.60. The van der Waals surface area contributed by atoms with Crippen LogP contribution in [0.25, 0.3) is 17.1 Å². The number of anilines is 1. The summed E-state index contributed by atoms with van der Waals surface area (Å²) in [5.74, 6) is 0.310. The molecular weight excluding hydrogens is 434 g/mol. The molecule has 0 atom stereocenters. The van der Waals surface area contributed by atoms with Crippen LogP contribution in [0.4, 0.5) is 5.13 Å². The molecule has 1 N–H and O–H groups in total. The van der Waals surface area contributed by atoms with E-state index in [1.165, 1.54) is 16.2 Å². The van der Waals surface area contributed by atoms with E-state index in [0.717, 1.165) is 37.4 Å². The third kappa shape index (κ3) is 4.01. The molecule has 4 heterocycles. The van der Waals surface area contributed by atoms with Crippen molar-refractivity contribution in [3.63, 3.8) is 0 Å². The number of nitrogens with zero attached hydrogens (tertiary/aromatic N) is 4. The maximum absolute atomic E-state index is 13.0. The number of hydrogen-bond donors (Lipinski definition) is 1. The Kier molecular flexibility index (Phi) is 5.35. The van der Waals surface area contributed by atoms with Crippen LogP contribution in [0.15, 0.2) is 53.1 Å². The zero-order valence-electron chi connectivity index (χ0n) is 16.8. The number of halogens is 1. The second kappa shape index (κ2) is 8.30. The van der Waals surface area contributed by atoms with Crippen molar-refractivity contribution in [2.24, 2.45) is 0 Å². The van der Waals surface area contributed by atoms with E-state index in [0.29, 0.717) is 21.6 Å². The molecule has 158 valence electrons. The van der Waals surface area contributed by atoms with Gasteiger partial charge in [-0.25, -0.2) is 9.67 Å². The quantitative estimate of drug-likeness (QED) is 0.466. The first-order valence-corrected chi connectivity index (χ1v) is 11.2. The van der Waals surface area contributed by atoms with Gasteiger partial charge in [0.05, 0.1) is 17.6 Å². The molecule has 4 aromatic rings. The molecule has 1 aliphatic rings. The van der Waals surface area contributed by atoms with E-state index in [9.17, 15) is 4.79 Å². The average molecular weight is 454 g/mol. The van der Waals surface area contributed by atoms with E-state index in [1.807, 2.05) is 18.2 Å². The lowest BCUT2D eigenvalue weighted by atomic mass is 10.2. The Morgan fingerprint density at radius 1 is 1.29 bits per heavy atom. The second-order valence-corrected chi connectivity index (χ2v) is 8.76. The summed E-state index contributed by atoms with van der Waals surface area (Å²) in [6.45, 7) is 5.05. The van der Waals surface area contributed by atoms with Gasteiger partial charge < -0.3 is 4.42 Å². The summed E-state index contributed by atoms with van der Waals surface area (Å²) in [7, 11) is 0. The topological polar surface area (TPSA) is 76.2 Å². The highest BCUT2D eigenvalue weighted by atomic mass is 35.5. The largest absolute Gasteiger partial charge is 0.463 e. The first kappa shape index (κ1) is 20.0. The predicted molar refractivity (Wildman–Crippen MR) is 121 cm³/mol. The Morgan fingerprint density at radius 3 is 2.87 bits per heavy atom. The number of thiazole rings is 1. The van der Waals surface area contributed by atoms with Crippen molar-refractivity contribution >= 4 is 34.0 Å². The third-order valence-corrected chi connectivity index (χ3v) is 6.51. The van der Waals surface area contributed by atoms with Crippen LogP contribution in [0.2, 0.25) is 5.02 Å². The first-order chi connectivity index (χ1) is 15.1. The van der Waals surface area contributed by atoms with E-state index in [1.54, 1.807) is 35.2 Å². The van der Waals surface area contributed by atoms with Crippen LogP contribution < -0.4 is 5.32 Å². The van der Waals surface area contributed by atoms with Gasteiger partial charge in [0.2, 0.25) is 0 Å². The highest BCUT2D eigenvalue weighted by Crippen LogP contribution is 2.29. The normalized spacial score (nSPS) is 13.9. The molecule has 1 aromatic carbocycles. The Bertz CT molecular complexity index is 1210. The minimum Gasteiger partial charge on any atom is -0.463 e. The molecule has 1 aliphatic heterocycles. The Hall–Kier alpha value is -2.94. The Morgan fingerprint density at radius 2 is 2.13 bits per heavy atom. The standard InChI is InChI=1S/C22H20ClN5O2S/c1-2-27-10-9-16-20(13-27)31-22(24-16)25-21(29)17-12-18(19-4-3-11-30-19)28(26-17)15-7-5-14(23)6-8-15/h3-8,11-12H,2,9-10,13H2,1H3,(H,24,25,29). The lowest BCUT2D eigenvalue weighted by Crippen LogP contribution is -2.29. The van der Waals surface area contributed by atoms with Gasteiger partial charge in [0.1, 0.15) is 5.69 Å². The number of carbonyl (C=O) groups is 1. The van der Waals surface area contributed by atoms with Gasteiger partial charge in [0.25, 0.3) is 5.91 Å². The molecule has 5 rings (SSSR count). The van der Waals surface area contributed by atoms with Crippen molar-refractivity contribution in [1.29, 1.82) is 0 Å². The van der Waals surface area contributed by atoms with E-state index in [2.05, 4.69) is 27.2 Å². The molecule has 9 heteroatoms. The minimum atomic E-state index is -0.307. The van der Waals surface area contributed by atoms with Crippen molar-refractivity contribution in [2.75, 3.05) is 18.4 Å². The van der Waals surface area contributed by atoms with Crippen molar-refractivity contribution in [1.82, 2.24) is 19.7 Å². The second-order valence-electron chi connectivity index (χ2n) is 7.24. The smallest absolute Gasteiger partial charge is 0.277 e. The summed E-state index contributed by atoms with van der Waals surface area (Å²) < 4.78 is 7.24. The summed E-state index contributed by atoms with van der Waals surface area (Å²) in [6.07, 6.45) is 2.50. The predicted octanol–water partition coefficient (Wildman–Crippen LogP) is 4.87. The summed E-state index contributed by atoms with van der Waals surface area (Å²) in [4.78, 5) is 21.2. The third-order valence-electron chi connectivity index (χ3n) is 5.26. The molecule has 0 bridgehead atoms. The molecule has 0 radical (unpaired) electrons. The monoisotopic (exact) mass is 453 g/mol. The number of aromatic nitrogens is 3. The number of benzene rings is 1. The molecule has 1 amide bonds. The summed E-state index contributed by atoms with van der Waals surface area (Å²) in [5, 5.41) is 8.69. The van der Waals surface area contributed by atoms with Crippen LogP contribution >= 0.6 is 22.9 Å². The molecular formula is C22H20ClN5O2S. The van der Waals surface area contributed by atoms with Gasteiger partial charge in [0.15, 0.2) is 16.6 Å². The number of likely N-dealkylation sites (N-methyl/N-ethyl adjacent to an activating group) is 1. The van der Waals surface area contributed by atoms with Crippen molar-refractivity contribution in [2.45, 2.75) is 19.9 Å². The maximum atomic E-state index is 13.0. The summed E-state index contributed by atoms with van der Waals surface area (Å²) in [6, 6.07) is 12.6. The van der Waals surface area contributed by atoms with Crippen LogP contribution in [0.3, 0.4) is 0 Å². The van der Waals surface area contributed by atoms with Crippen molar-refractivity contribution < 1.29 is 9.21 Å². The molecule has 0 spiro atoms. The van der Waals surface area contributed by atoms with Crippen LogP contribution in [0, 0.1) is 0 Å². The number of nitrogens with one attached hydrogen (secondary N) is 1. The number of rotatable bonds is 5. The summed E-state index contributed by atoms with van der Waals surface area (Å²) >= 11 is 7.56. The number of amides is 1. The average Bonchev–Trinajstić information content (AvgIpc) is 3.52. The Labute approximate surface area is 188 Å². The lowest BCUT2D eigenvalue weighted by Gasteiger charge is -2.23. The number of carbonyl (C=O) groups excluding carboxylic acids is 1. The fourth-order valence-corrected chi connectivity index (χ4v) is 4.78. The van der Waals surface area contributed by atoms with E-state index >= 15 is 0 Å². The van der Waals surface area contributed by atoms with Gasteiger partial charge in [-0.3, -0.25) is 15.0 Å². The maximum Gasteiger partial charge on any atom is 0.277 e. The van der Waals surface area contributed by atoms with Gasteiger partial charge in [0, 0.05) is 35.5 Å².